The third kappa shape index (κ3) is 5.18. The molecule has 0 fully saturated rings. The van der Waals surface area contributed by atoms with E-state index >= 15 is 0 Å². The lowest BCUT2D eigenvalue weighted by atomic mass is 9.95. The van der Waals surface area contributed by atoms with Crippen LogP contribution in [0.4, 0.5) is 11.1 Å². The van der Waals surface area contributed by atoms with Gasteiger partial charge < -0.3 is 14.5 Å². The number of carbonyl (C=O) groups excluding carboxylic acids is 2. The SMILES string of the molecule is CCOC(=O)c1cnc(NC(=O)C2=C(C)NC(Nc3nc4ccccc4o3)=NC2c2ccccc2Cl)s1. The number of thiazole rings is 1. The number of amides is 1. The predicted octanol–water partition coefficient (Wildman–Crippen LogP) is 5.14. The average Bonchev–Trinajstić information content (AvgIpc) is 3.50. The van der Waals surface area contributed by atoms with E-state index in [-0.39, 0.29) is 22.6 Å². The molecule has 0 spiro atoms. The van der Waals surface area contributed by atoms with Gasteiger partial charge in [-0.05, 0) is 32.0 Å². The second-order valence-corrected chi connectivity index (χ2v) is 9.32. The van der Waals surface area contributed by atoms with E-state index in [1.807, 2.05) is 36.4 Å². The minimum atomic E-state index is -0.744. The molecule has 1 amide bonds. The van der Waals surface area contributed by atoms with Crippen LogP contribution in [0.3, 0.4) is 0 Å². The number of anilines is 2. The maximum Gasteiger partial charge on any atom is 0.350 e. The Labute approximate surface area is 220 Å². The van der Waals surface area contributed by atoms with Gasteiger partial charge in [0.1, 0.15) is 16.4 Å². The van der Waals surface area contributed by atoms with Crippen LogP contribution in [0.1, 0.15) is 35.1 Å². The van der Waals surface area contributed by atoms with Gasteiger partial charge in [-0.25, -0.2) is 14.8 Å². The molecule has 188 valence electrons. The number of esters is 1. The maximum atomic E-state index is 13.4. The molecular formula is C25H21ClN6O4S. The van der Waals surface area contributed by atoms with Crippen LogP contribution < -0.4 is 16.0 Å². The van der Waals surface area contributed by atoms with Crippen molar-refractivity contribution in [3.8, 4) is 0 Å². The summed E-state index contributed by atoms with van der Waals surface area (Å²) < 4.78 is 10.7. The molecule has 0 saturated heterocycles. The molecular weight excluding hydrogens is 516 g/mol. The lowest BCUT2D eigenvalue weighted by Crippen LogP contribution is -2.37. The fourth-order valence-electron chi connectivity index (χ4n) is 3.78. The molecule has 12 heteroatoms. The topological polar surface area (TPSA) is 131 Å². The second kappa shape index (κ2) is 10.4. The number of allylic oxidation sites excluding steroid dienone is 1. The number of nitrogens with one attached hydrogen (secondary N) is 3. The number of ether oxygens (including phenoxy) is 1. The summed E-state index contributed by atoms with van der Waals surface area (Å²) in [5.41, 5.74) is 2.84. The summed E-state index contributed by atoms with van der Waals surface area (Å²) in [6, 6.07) is 14.1. The Morgan fingerprint density at radius 2 is 1.97 bits per heavy atom. The van der Waals surface area contributed by atoms with Crippen molar-refractivity contribution in [3.63, 3.8) is 0 Å². The monoisotopic (exact) mass is 536 g/mol. The van der Waals surface area contributed by atoms with E-state index in [4.69, 9.17) is 25.7 Å². The Balaban J connectivity index is 1.44. The number of oxazole rings is 1. The van der Waals surface area contributed by atoms with Crippen molar-refractivity contribution in [1.82, 2.24) is 15.3 Å². The average molecular weight is 537 g/mol. The summed E-state index contributed by atoms with van der Waals surface area (Å²) in [6.07, 6.45) is 1.37. The standard InChI is InChI=1S/C25H21ClN6O4S/c1-3-35-22(34)18-12-27-25(37-18)31-21(33)19-13(2)28-23(30-20(19)14-8-4-5-9-15(14)26)32-24-29-16-10-6-7-11-17(16)36-24/h4-12,20H,3H2,1-2H3,(H,27,31,33)(H2,28,29,30,32). The van der Waals surface area contributed by atoms with E-state index in [1.54, 1.807) is 26.0 Å². The van der Waals surface area contributed by atoms with Gasteiger partial charge >= 0.3 is 12.0 Å². The molecule has 0 aliphatic carbocycles. The number of para-hydroxylation sites is 2. The first-order valence-corrected chi connectivity index (χ1v) is 12.5. The summed E-state index contributed by atoms with van der Waals surface area (Å²) in [5.74, 6) is -0.600. The lowest BCUT2D eigenvalue weighted by Gasteiger charge is -2.26. The van der Waals surface area contributed by atoms with E-state index in [9.17, 15) is 9.59 Å². The Kier molecular flexibility index (Phi) is 6.89. The summed E-state index contributed by atoms with van der Waals surface area (Å²) in [4.78, 5) is 39.0. The molecule has 1 unspecified atom stereocenters. The van der Waals surface area contributed by atoms with Gasteiger partial charge in [-0.2, -0.15) is 4.98 Å². The fourth-order valence-corrected chi connectivity index (χ4v) is 4.72. The van der Waals surface area contributed by atoms with Gasteiger partial charge in [0, 0.05) is 16.3 Å². The van der Waals surface area contributed by atoms with Crippen molar-refractivity contribution in [3.05, 3.63) is 81.5 Å². The van der Waals surface area contributed by atoms with Crippen LogP contribution in [0.2, 0.25) is 5.02 Å². The molecule has 3 N–H and O–H groups in total. The normalized spacial score (nSPS) is 15.2. The zero-order valence-corrected chi connectivity index (χ0v) is 21.3. The molecule has 1 atom stereocenters. The number of hydrogen-bond acceptors (Lipinski definition) is 10. The van der Waals surface area contributed by atoms with Crippen molar-refractivity contribution in [2.45, 2.75) is 19.9 Å². The van der Waals surface area contributed by atoms with Crippen molar-refractivity contribution in [2.24, 2.45) is 4.99 Å². The highest BCUT2D eigenvalue weighted by molar-refractivity contribution is 7.17. The number of nitrogens with zero attached hydrogens (tertiary/aromatic N) is 3. The second-order valence-electron chi connectivity index (χ2n) is 7.88. The van der Waals surface area contributed by atoms with Crippen molar-refractivity contribution >= 4 is 63.0 Å². The van der Waals surface area contributed by atoms with E-state index < -0.39 is 17.9 Å². The molecule has 0 bridgehead atoms. The van der Waals surface area contributed by atoms with Crippen LogP contribution in [0.25, 0.3) is 11.1 Å². The Hall–Kier alpha value is -4.22. The van der Waals surface area contributed by atoms with E-state index in [2.05, 4.69) is 25.9 Å². The number of carbonyl (C=O) groups is 2. The molecule has 3 heterocycles. The van der Waals surface area contributed by atoms with Gasteiger partial charge in [0.25, 0.3) is 5.91 Å². The van der Waals surface area contributed by atoms with Crippen LogP contribution in [0.5, 0.6) is 0 Å². The van der Waals surface area contributed by atoms with Gasteiger partial charge in [-0.3, -0.25) is 15.4 Å². The lowest BCUT2D eigenvalue weighted by molar-refractivity contribution is -0.113. The van der Waals surface area contributed by atoms with Crippen LogP contribution in [-0.4, -0.2) is 34.4 Å². The van der Waals surface area contributed by atoms with Crippen molar-refractivity contribution in [2.75, 3.05) is 17.2 Å². The molecule has 2 aromatic carbocycles. The number of guanidine groups is 1. The number of halogens is 1. The van der Waals surface area contributed by atoms with E-state index in [0.29, 0.717) is 38.9 Å². The van der Waals surface area contributed by atoms with Gasteiger partial charge in [0.2, 0.25) is 5.96 Å². The largest absolute Gasteiger partial charge is 0.462 e. The first-order valence-electron chi connectivity index (χ1n) is 11.3. The maximum absolute atomic E-state index is 13.4. The third-order valence-electron chi connectivity index (χ3n) is 5.41. The highest BCUT2D eigenvalue weighted by Gasteiger charge is 2.31. The minimum Gasteiger partial charge on any atom is -0.462 e. The minimum absolute atomic E-state index is 0.244. The molecule has 0 saturated carbocycles. The van der Waals surface area contributed by atoms with Gasteiger partial charge in [-0.15, -0.1) is 0 Å². The molecule has 1 aliphatic rings. The first-order chi connectivity index (χ1) is 17.9. The van der Waals surface area contributed by atoms with Gasteiger partial charge in [0.15, 0.2) is 10.7 Å². The molecule has 5 rings (SSSR count). The highest BCUT2D eigenvalue weighted by Crippen LogP contribution is 2.35. The van der Waals surface area contributed by atoms with Crippen LogP contribution in [0, 0.1) is 0 Å². The highest BCUT2D eigenvalue weighted by atomic mass is 35.5. The smallest absolute Gasteiger partial charge is 0.350 e. The van der Waals surface area contributed by atoms with Gasteiger partial charge in [0.05, 0.1) is 18.4 Å². The van der Waals surface area contributed by atoms with Crippen LogP contribution in [0.15, 0.2) is 75.4 Å². The summed E-state index contributed by atoms with van der Waals surface area (Å²) in [5, 5.41) is 9.63. The number of aromatic nitrogens is 2. The van der Waals surface area contributed by atoms with Crippen molar-refractivity contribution in [1.29, 1.82) is 0 Å². The summed E-state index contributed by atoms with van der Waals surface area (Å²) in [6.45, 7) is 3.72. The fraction of sp³-hybridized carbons (Fsp3) is 0.160. The molecule has 37 heavy (non-hydrogen) atoms. The number of aliphatic imine (C=N–C) groups is 1. The third-order valence-corrected chi connectivity index (χ3v) is 6.64. The van der Waals surface area contributed by atoms with E-state index in [0.717, 1.165) is 11.3 Å². The number of benzene rings is 2. The van der Waals surface area contributed by atoms with Crippen LogP contribution >= 0.6 is 22.9 Å². The molecule has 1 aliphatic heterocycles. The molecule has 0 radical (unpaired) electrons. The molecule has 2 aromatic heterocycles. The summed E-state index contributed by atoms with van der Waals surface area (Å²) in [7, 11) is 0. The Morgan fingerprint density at radius 1 is 1.19 bits per heavy atom. The van der Waals surface area contributed by atoms with Crippen LogP contribution in [-0.2, 0) is 9.53 Å². The molecule has 4 aromatic rings. The van der Waals surface area contributed by atoms with Crippen molar-refractivity contribution < 1.29 is 18.7 Å². The molecule has 10 nitrogen and oxygen atoms in total. The quantitative estimate of drug-likeness (QED) is 0.289. The van der Waals surface area contributed by atoms with Gasteiger partial charge in [-0.1, -0.05) is 53.3 Å². The number of hydrogen-bond donors (Lipinski definition) is 3. The predicted molar refractivity (Wildman–Crippen MR) is 142 cm³/mol. The Bertz CT molecular complexity index is 1530. The zero-order valence-electron chi connectivity index (χ0n) is 19.7. The Morgan fingerprint density at radius 3 is 2.76 bits per heavy atom. The number of fused-ring (bicyclic) bond motifs is 1. The first kappa shape index (κ1) is 24.5. The summed E-state index contributed by atoms with van der Waals surface area (Å²) >= 11 is 7.53. The van der Waals surface area contributed by atoms with E-state index in [1.165, 1.54) is 6.20 Å². The number of rotatable bonds is 6. The zero-order chi connectivity index (χ0) is 25.9.